The topological polar surface area (TPSA) is 30.2 Å². The zero-order valence-corrected chi connectivity index (χ0v) is 14.1. The number of carbonyl (C=O) groups is 1. The van der Waals surface area contributed by atoms with Crippen LogP contribution in [0.2, 0.25) is 0 Å². The molecule has 1 unspecified atom stereocenters. The summed E-state index contributed by atoms with van der Waals surface area (Å²) in [5.41, 5.74) is 1.38. The van der Waals surface area contributed by atoms with Crippen LogP contribution in [-0.4, -0.2) is 12.4 Å². The van der Waals surface area contributed by atoms with Gasteiger partial charge in [-0.1, -0.05) is 57.0 Å². The first kappa shape index (κ1) is 17.2. The molecule has 1 aromatic heterocycles. The molecule has 0 amide bonds. The van der Waals surface area contributed by atoms with Crippen molar-refractivity contribution in [3.05, 3.63) is 66.0 Å². The molecule has 0 bridgehead atoms. The van der Waals surface area contributed by atoms with Crippen LogP contribution < -0.4 is 9.57 Å². The van der Waals surface area contributed by atoms with Crippen LogP contribution in [-0.2, 0) is 0 Å². The summed E-state index contributed by atoms with van der Waals surface area (Å²) >= 11 is 0. The van der Waals surface area contributed by atoms with Gasteiger partial charge < -0.3 is 0 Å². The minimum Gasteiger partial charge on any atom is -0.289 e. The lowest BCUT2D eigenvalue weighted by molar-refractivity contribution is -0.892. The molecule has 23 heavy (non-hydrogen) atoms. The van der Waals surface area contributed by atoms with Gasteiger partial charge in [0.25, 0.3) is 0 Å². The molecule has 1 heterocycles. The number of aromatic nitrogens is 1. The smallest absolute Gasteiger partial charge is 0.223 e. The Kier molecular flexibility index (Phi) is 6.79. The molecule has 0 saturated heterocycles. The van der Waals surface area contributed by atoms with E-state index in [1.165, 1.54) is 19.3 Å². The number of unbranched alkanes of at least 4 members (excludes halogenated alkanes) is 1. The van der Waals surface area contributed by atoms with Crippen molar-refractivity contribution < 1.29 is 14.4 Å². The summed E-state index contributed by atoms with van der Waals surface area (Å²) in [5.74, 6) is 0.625. The molecule has 0 aliphatic rings. The van der Waals surface area contributed by atoms with Crippen LogP contribution in [0.3, 0.4) is 0 Å². The van der Waals surface area contributed by atoms with E-state index in [1.54, 1.807) is 4.73 Å². The highest BCUT2D eigenvalue weighted by molar-refractivity contribution is 6.08. The van der Waals surface area contributed by atoms with E-state index >= 15 is 0 Å². The van der Waals surface area contributed by atoms with E-state index < -0.39 is 0 Å². The van der Waals surface area contributed by atoms with Crippen molar-refractivity contribution in [2.45, 2.75) is 39.5 Å². The summed E-state index contributed by atoms with van der Waals surface area (Å²) in [6.45, 7) is 5.13. The number of nitrogens with zero attached hydrogens (tertiary/aromatic N) is 1. The highest BCUT2D eigenvalue weighted by Gasteiger charge is 2.13. The first-order valence-electron chi connectivity index (χ1n) is 8.49. The maximum Gasteiger partial charge on any atom is 0.223 e. The monoisotopic (exact) mass is 312 g/mol. The van der Waals surface area contributed by atoms with Crippen LogP contribution in [0.5, 0.6) is 0 Å². The van der Waals surface area contributed by atoms with Gasteiger partial charge in [-0.25, -0.2) is 0 Å². The van der Waals surface area contributed by atoms with E-state index in [1.807, 2.05) is 54.9 Å². The second-order valence-electron chi connectivity index (χ2n) is 5.85. The van der Waals surface area contributed by atoms with Crippen molar-refractivity contribution in [2.24, 2.45) is 5.92 Å². The molecule has 0 fully saturated rings. The van der Waals surface area contributed by atoms with Crippen molar-refractivity contribution >= 4 is 5.78 Å². The summed E-state index contributed by atoms with van der Waals surface area (Å²) in [6, 6.07) is 12.9. The largest absolute Gasteiger partial charge is 0.289 e. The zero-order valence-electron chi connectivity index (χ0n) is 14.1. The number of benzene rings is 1. The Morgan fingerprint density at radius 1 is 1.04 bits per heavy atom. The molecule has 3 heteroatoms. The number of rotatable bonds is 9. The summed E-state index contributed by atoms with van der Waals surface area (Å²) in [4.78, 5) is 18.1. The second-order valence-corrected chi connectivity index (χ2v) is 5.85. The average molecular weight is 312 g/mol. The van der Waals surface area contributed by atoms with Gasteiger partial charge in [-0.2, -0.15) is 0 Å². The highest BCUT2D eigenvalue weighted by Crippen LogP contribution is 2.11. The van der Waals surface area contributed by atoms with Gasteiger partial charge in [0.15, 0.2) is 12.4 Å². The summed E-state index contributed by atoms with van der Waals surface area (Å²) in [7, 11) is 0. The van der Waals surface area contributed by atoms with Gasteiger partial charge in [-0.3, -0.25) is 9.63 Å². The van der Waals surface area contributed by atoms with E-state index in [4.69, 9.17) is 4.84 Å². The van der Waals surface area contributed by atoms with Gasteiger partial charge in [0.2, 0.25) is 12.4 Å². The zero-order chi connectivity index (χ0) is 16.5. The SMILES string of the molecule is CCCCC(CC)CO[n+]1ccc(C(=O)c2ccccc2)cc1. The fourth-order valence-electron chi connectivity index (χ4n) is 2.50. The van der Waals surface area contributed by atoms with Crippen molar-refractivity contribution in [2.75, 3.05) is 6.61 Å². The number of hydrogen-bond acceptors (Lipinski definition) is 2. The fraction of sp³-hybridized carbons (Fsp3) is 0.400. The van der Waals surface area contributed by atoms with Gasteiger partial charge in [-0.05, 0) is 18.8 Å². The standard InChI is InChI=1S/C20H26NO2/c1-3-5-9-17(4-2)16-23-21-14-12-19(13-15-21)20(22)18-10-7-6-8-11-18/h6-8,10-15,17H,3-5,9,16H2,1-2H3/q+1. The summed E-state index contributed by atoms with van der Waals surface area (Å²) < 4.78 is 1.69. The molecule has 0 aliphatic carbocycles. The van der Waals surface area contributed by atoms with Crippen LogP contribution in [0.25, 0.3) is 0 Å². The molecule has 0 radical (unpaired) electrons. The third kappa shape index (κ3) is 5.20. The Balaban J connectivity index is 1.93. The molecule has 3 nitrogen and oxygen atoms in total. The lowest BCUT2D eigenvalue weighted by atomic mass is 10.0. The van der Waals surface area contributed by atoms with Crippen molar-refractivity contribution in [1.82, 2.24) is 0 Å². The maximum atomic E-state index is 12.3. The third-order valence-corrected chi connectivity index (χ3v) is 4.10. The molecular weight excluding hydrogens is 286 g/mol. The maximum absolute atomic E-state index is 12.3. The first-order chi connectivity index (χ1) is 11.2. The highest BCUT2D eigenvalue weighted by atomic mass is 16.7. The van der Waals surface area contributed by atoms with E-state index in [0.717, 1.165) is 6.42 Å². The number of hydrogen-bond donors (Lipinski definition) is 0. The molecule has 0 aliphatic heterocycles. The number of pyridine rings is 1. The molecule has 0 spiro atoms. The predicted octanol–water partition coefficient (Wildman–Crippen LogP) is 3.85. The minimum atomic E-state index is 0.0344. The molecule has 122 valence electrons. The lowest BCUT2D eigenvalue weighted by Gasteiger charge is -2.11. The molecule has 2 rings (SSSR count). The van der Waals surface area contributed by atoms with Crippen LogP contribution in [0.4, 0.5) is 0 Å². The molecule has 0 saturated carbocycles. The molecule has 1 atom stereocenters. The van der Waals surface area contributed by atoms with Crippen molar-refractivity contribution in [3.63, 3.8) is 0 Å². The van der Waals surface area contributed by atoms with Gasteiger partial charge in [0.05, 0.1) is 0 Å². The van der Waals surface area contributed by atoms with E-state index in [-0.39, 0.29) is 5.78 Å². The van der Waals surface area contributed by atoms with Crippen molar-refractivity contribution in [1.29, 1.82) is 0 Å². The van der Waals surface area contributed by atoms with Gasteiger partial charge in [0, 0.05) is 28.0 Å². The quantitative estimate of drug-likeness (QED) is 0.520. The number of carbonyl (C=O) groups excluding carboxylic acids is 1. The predicted molar refractivity (Wildman–Crippen MR) is 91.3 cm³/mol. The van der Waals surface area contributed by atoms with Crippen LogP contribution in [0.1, 0.15) is 55.5 Å². The Morgan fingerprint density at radius 3 is 2.30 bits per heavy atom. The Labute approximate surface area is 138 Å². The molecular formula is C20H26NO2+. The normalized spacial score (nSPS) is 11.9. The van der Waals surface area contributed by atoms with Gasteiger partial charge >= 0.3 is 0 Å². The fourth-order valence-corrected chi connectivity index (χ4v) is 2.50. The summed E-state index contributed by atoms with van der Waals surface area (Å²) in [6.07, 6.45) is 8.42. The van der Waals surface area contributed by atoms with Crippen molar-refractivity contribution in [3.8, 4) is 0 Å². The Hall–Kier alpha value is -2.16. The first-order valence-corrected chi connectivity index (χ1v) is 8.49. The van der Waals surface area contributed by atoms with E-state index in [2.05, 4.69) is 13.8 Å². The minimum absolute atomic E-state index is 0.0344. The molecule has 1 aromatic carbocycles. The third-order valence-electron chi connectivity index (χ3n) is 4.10. The lowest BCUT2D eigenvalue weighted by Crippen LogP contribution is -2.44. The van der Waals surface area contributed by atoms with Crippen LogP contribution in [0, 0.1) is 5.92 Å². The van der Waals surface area contributed by atoms with Gasteiger partial charge in [0.1, 0.15) is 0 Å². The Morgan fingerprint density at radius 2 is 1.70 bits per heavy atom. The summed E-state index contributed by atoms with van der Waals surface area (Å²) in [5, 5.41) is 0. The molecule has 0 N–H and O–H groups in total. The second kappa shape index (κ2) is 9.09. The molecule has 2 aromatic rings. The van der Waals surface area contributed by atoms with E-state index in [0.29, 0.717) is 23.7 Å². The number of ketones is 1. The average Bonchev–Trinajstić information content (AvgIpc) is 2.62. The van der Waals surface area contributed by atoms with Crippen LogP contribution in [0.15, 0.2) is 54.9 Å². The van der Waals surface area contributed by atoms with Crippen LogP contribution >= 0.6 is 0 Å². The van der Waals surface area contributed by atoms with Gasteiger partial charge in [-0.15, -0.1) is 0 Å². The van der Waals surface area contributed by atoms with E-state index in [9.17, 15) is 4.79 Å². The Bertz CT molecular complexity index is 593.